The van der Waals surface area contributed by atoms with E-state index in [9.17, 15) is 10.1 Å². The van der Waals surface area contributed by atoms with Crippen LogP contribution in [0.2, 0.25) is 0 Å². The predicted molar refractivity (Wildman–Crippen MR) is 34.6 cm³/mol. The Bertz CT molecular complexity index is 311. The minimum Gasteiger partial charge on any atom is -0.358 e. The van der Waals surface area contributed by atoms with Crippen LogP contribution in [-0.4, -0.2) is 15.1 Å². The molecule has 1 aromatic rings. The molecule has 56 valence electrons. The van der Waals surface area contributed by atoms with Crippen LogP contribution in [0.15, 0.2) is 6.07 Å². The minimum atomic E-state index is -0.589. The number of nitriles is 1. The summed E-state index contributed by atoms with van der Waals surface area (Å²) < 4.78 is 0. The highest BCUT2D eigenvalue weighted by atomic mass is 16.6. The number of hydrogen-bond acceptors (Lipinski definition) is 4. The van der Waals surface area contributed by atoms with E-state index < -0.39 is 4.92 Å². The molecule has 0 spiro atoms. The lowest BCUT2D eigenvalue weighted by atomic mass is 10.3. The molecule has 1 aromatic heterocycles. The molecule has 0 aromatic carbocycles. The van der Waals surface area contributed by atoms with E-state index in [0.29, 0.717) is 5.69 Å². The van der Waals surface area contributed by atoms with Gasteiger partial charge in [0.15, 0.2) is 0 Å². The van der Waals surface area contributed by atoms with E-state index in [0.717, 1.165) is 0 Å². The normalized spacial score (nSPS) is 9.00. The van der Waals surface area contributed by atoms with Crippen molar-refractivity contribution in [2.24, 2.45) is 0 Å². The maximum Gasteiger partial charge on any atom is 0.342 e. The smallest absolute Gasteiger partial charge is 0.342 e. The monoisotopic (exact) mass is 152 g/mol. The van der Waals surface area contributed by atoms with E-state index in [4.69, 9.17) is 5.26 Å². The van der Waals surface area contributed by atoms with Crippen molar-refractivity contribution in [3.63, 3.8) is 0 Å². The molecule has 1 rings (SSSR count). The summed E-state index contributed by atoms with van der Waals surface area (Å²) in [7, 11) is 0. The van der Waals surface area contributed by atoms with E-state index in [1.165, 1.54) is 6.07 Å². The van der Waals surface area contributed by atoms with Gasteiger partial charge in [-0.15, -0.1) is 5.10 Å². The summed E-state index contributed by atoms with van der Waals surface area (Å²) in [5.41, 5.74) is 0.388. The molecule has 6 heteroatoms. The number of aromatic nitrogens is 2. The highest BCUT2D eigenvalue weighted by Crippen LogP contribution is 2.07. The second kappa shape index (κ2) is 2.79. The van der Waals surface area contributed by atoms with E-state index in [2.05, 4.69) is 10.2 Å². The Morgan fingerprint density at radius 3 is 3.09 bits per heavy atom. The molecule has 0 unspecified atom stereocenters. The summed E-state index contributed by atoms with van der Waals surface area (Å²) in [5, 5.41) is 24.0. The Labute approximate surface area is 61.6 Å². The van der Waals surface area contributed by atoms with Gasteiger partial charge in [-0.3, -0.25) is 0 Å². The van der Waals surface area contributed by atoms with Gasteiger partial charge in [0, 0.05) is 0 Å². The summed E-state index contributed by atoms with van der Waals surface area (Å²) in [6.45, 7) is 0. The number of nitrogens with zero attached hydrogens (tertiary/aromatic N) is 3. The fourth-order valence-corrected chi connectivity index (χ4v) is 0.617. The zero-order chi connectivity index (χ0) is 8.27. The molecule has 0 amide bonds. The van der Waals surface area contributed by atoms with Crippen LogP contribution in [0.25, 0.3) is 0 Å². The number of hydrogen-bond donors (Lipinski definition) is 1. The lowest BCUT2D eigenvalue weighted by Gasteiger charge is -1.83. The number of aromatic amines is 1. The Balaban J connectivity index is 2.83. The highest BCUT2D eigenvalue weighted by molar-refractivity contribution is 5.22. The third-order valence-corrected chi connectivity index (χ3v) is 1.07. The summed E-state index contributed by atoms with van der Waals surface area (Å²) in [5.74, 6) is -0.185. The van der Waals surface area contributed by atoms with Gasteiger partial charge in [0.05, 0.1) is 18.6 Å². The zero-order valence-electron chi connectivity index (χ0n) is 5.44. The average Bonchev–Trinajstić information content (AvgIpc) is 2.37. The molecule has 0 atom stereocenters. The predicted octanol–water partition coefficient (Wildman–Crippen LogP) is 0.384. The SMILES string of the molecule is N#CCc1cc([N+](=O)[O-])[nH]n1. The van der Waals surface area contributed by atoms with Crippen molar-refractivity contribution in [1.82, 2.24) is 10.2 Å². The molecule has 0 saturated heterocycles. The second-order valence-corrected chi connectivity index (χ2v) is 1.84. The van der Waals surface area contributed by atoms with E-state index in [1.54, 1.807) is 0 Å². The summed E-state index contributed by atoms with van der Waals surface area (Å²) in [4.78, 5) is 9.48. The first-order valence-electron chi connectivity index (χ1n) is 2.79. The third kappa shape index (κ3) is 1.52. The van der Waals surface area contributed by atoms with Gasteiger partial charge in [-0.25, -0.2) is 0 Å². The zero-order valence-corrected chi connectivity index (χ0v) is 5.44. The highest BCUT2D eigenvalue weighted by Gasteiger charge is 2.08. The van der Waals surface area contributed by atoms with E-state index in [-0.39, 0.29) is 12.2 Å². The molecule has 0 aliphatic heterocycles. The van der Waals surface area contributed by atoms with Crippen LogP contribution in [0, 0.1) is 21.4 Å². The van der Waals surface area contributed by atoms with Gasteiger partial charge in [0.2, 0.25) is 0 Å². The van der Waals surface area contributed by atoms with Crippen LogP contribution in [0.5, 0.6) is 0 Å². The van der Waals surface area contributed by atoms with Crippen LogP contribution in [0.1, 0.15) is 5.69 Å². The molecule has 0 bridgehead atoms. The van der Waals surface area contributed by atoms with E-state index >= 15 is 0 Å². The van der Waals surface area contributed by atoms with E-state index in [1.807, 2.05) is 6.07 Å². The molecule has 0 aliphatic carbocycles. The summed E-state index contributed by atoms with van der Waals surface area (Å²) >= 11 is 0. The fraction of sp³-hybridized carbons (Fsp3) is 0.200. The van der Waals surface area contributed by atoms with Crippen LogP contribution < -0.4 is 0 Å². The molecule has 11 heavy (non-hydrogen) atoms. The topological polar surface area (TPSA) is 95.6 Å². The van der Waals surface area contributed by atoms with Crippen molar-refractivity contribution in [1.29, 1.82) is 5.26 Å². The van der Waals surface area contributed by atoms with Crippen molar-refractivity contribution < 1.29 is 4.92 Å². The van der Waals surface area contributed by atoms with Crippen LogP contribution in [-0.2, 0) is 6.42 Å². The maximum atomic E-state index is 10.1. The van der Waals surface area contributed by atoms with Crippen molar-refractivity contribution in [2.75, 3.05) is 0 Å². The fourth-order valence-electron chi connectivity index (χ4n) is 0.617. The average molecular weight is 152 g/mol. The number of nitro groups is 1. The Kier molecular flexibility index (Phi) is 1.83. The Hall–Kier alpha value is -1.90. The molecule has 6 nitrogen and oxygen atoms in total. The Morgan fingerprint density at radius 2 is 2.64 bits per heavy atom. The number of rotatable bonds is 2. The van der Waals surface area contributed by atoms with Gasteiger partial charge in [0.25, 0.3) is 0 Å². The molecule has 1 heterocycles. The van der Waals surface area contributed by atoms with Gasteiger partial charge in [-0.2, -0.15) is 5.26 Å². The van der Waals surface area contributed by atoms with Crippen molar-refractivity contribution in [3.8, 4) is 6.07 Å². The molecular weight excluding hydrogens is 148 g/mol. The minimum absolute atomic E-state index is 0.0876. The quantitative estimate of drug-likeness (QED) is 0.489. The standard InChI is InChI=1S/C5H4N4O2/c6-2-1-4-3-5(8-7-4)9(10)11/h3H,1H2,(H,7,8). The first-order chi connectivity index (χ1) is 5.24. The van der Waals surface area contributed by atoms with Gasteiger partial charge in [0.1, 0.15) is 5.69 Å². The van der Waals surface area contributed by atoms with Crippen LogP contribution >= 0.6 is 0 Å². The lowest BCUT2D eigenvalue weighted by Crippen LogP contribution is -1.86. The second-order valence-electron chi connectivity index (χ2n) is 1.84. The first-order valence-corrected chi connectivity index (χ1v) is 2.79. The van der Waals surface area contributed by atoms with Gasteiger partial charge in [-0.05, 0) is 4.92 Å². The lowest BCUT2D eigenvalue weighted by molar-refractivity contribution is -0.389. The number of nitrogens with one attached hydrogen (secondary N) is 1. The number of H-pyrrole nitrogens is 1. The molecule has 0 radical (unpaired) electrons. The largest absolute Gasteiger partial charge is 0.358 e. The molecule has 1 N–H and O–H groups in total. The third-order valence-electron chi connectivity index (χ3n) is 1.07. The van der Waals surface area contributed by atoms with Crippen molar-refractivity contribution in [3.05, 3.63) is 21.9 Å². The Morgan fingerprint density at radius 1 is 1.91 bits per heavy atom. The van der Waals surface area contributed by atoms with Crippen LogP contribution in [0.3, 0.4) is 0 Å². The summed E-state index contributed by atoms with van der Waals surface area (Å²) in [6.07, 6.45) is 0.0876. The first kappa shape index (κ1) is 7.21. The van der Waals surface area contributed by atoms with Gasteiger partial charge < -0.3 is 10.1 Å². The van der Waals surface area contributed by atoms with Crippen LogP contribution in [0.4, 0.5) is 5.82 Å². The van der Waals surface area contributed by atoms with Crippen molar-refractivity contribution >= 4 is 5.82 Å². The molecule has 0 fully saturated rings. The summed E-state index contributed by atoms with van der Waals surface area (Å²) in [6, 6.07) is 3.07. The van der Waals surface area contributed by atoms with Gasteiger partial charge in [-0.1, -0.05) is 5.10 Å². The molecule has 0 aliphatic rings. The van der Waals surface area contributed by atoms with Crippen molar-refractivity contribution in [2.45, 2.75) is 6.42 Å². The van der Waals surface area contributed by atoms with Gasteiger partial charge >= 0.3 is 5.82 Å². The molecular formula is C5H4N4O2. The molecule has 0 saturated carbocycles. The maximum absolute atomic E-state index is 10.1.